The minimum atomic E-state index is 0.194. The Morgan fingerprint density at radius 1 is 1.13 bits per heavy atom. The zero-order valence-electron chi connectivity index (χ0n) is 12.9. The summed E-state index contributed by atoms with van der Waals surface area (Å²) in [5.41, 5.74) is 3.36. The predicted molar refractivity (Wildman–Crippen MR) is 94.1 cm³/mol. The van der Waals surface area contributed by atoms with Crippen molar-refractivity contribution in [3.63, 3.8) is 0 Å². The molecule has 4 heteroatoms. The van der Waals surface area contributed by atoms with Crippen molar-refractivity contribution in [2.45, 2.75) is 25.6 Å². The highest BCUT2D eigenvalue weighted by Gasteiger charge is 2.36. The first-order valence-corrected chi connectivity index (χ1v) is 8.86. The molecule has 3 nitrogen and oxygen atoms in total. The van der Waals surface area contributed by atoms with E-state index in [0.717, 1.165) is 48.2 Å². The molecule has 1 atom stereocenters. The fraction of sp³-hybridized carbons (Fsp3) is 0.316. The maximum Gasteiger partial charge on any atom is 0.254 e. The van der Waals surface area contributed by atoms with Gasteiger partial charge in [0.15, 0.2) is 0 Å². The van der Waals surface area contributed by atoms with E-state index in [9.17, 15) is 4.79 Å². The van der Waals surface area contributed by atoms with Crippen LogP contribution in [-0.2, 0) is 13.1 Å². The third-order valence-corrected chi connectivity index (χ3v) is 5.33. The highest BCUT2D eigenvalue weighted by molar-refractivity contribution is 9.10. The molecule has 1 unspecified atom stereocenters. The number of benzene rings is 2. The first-order chi connectivity index (χ1) is 11.2. The van der Waals surface area contributed by atoms with E-state index >= 15 is 0 Å². The molecule has 2 aliphatic heterocycles. The van der Waals surface area contributed by atoms with E-state index in [1.165, 1.54) is 5.56 Å². The van der Waals surface area contributed by atoms with E-state index in [4.69, 9.17) is 0 Å². The van der Waals surface area contributed by atoms with Gasteiger partial charge in [0, 0.05) is 42.3 Å². The lowest BCUT2D eigenvalue weighted by atomic mass is 10.1. The van der Waals surface area contributed by atoms with Crippen LogP contribution in [0.3, 0.4) is 0 Å². The molecular weight excluding hydrogens is 352 g/mol. The number of likely N-dealkylation sites (tertiary alicyclic amines) is 1. The molecule has 0 spiro atoms. The number of carbonyl (C=O) groups excluding carboxylic acids is 1. The maximum absolute atomic E-state index is 12.7. The van der Waals surface area contributed by atoms with Crippen LogP contribution in [0.1, 0.15) is 27.9 Å². The van der Waals surface area contributed by atoms with Crippen LogP contribution in [0.2, 0.25) is 0 Å². The summed E-state index contributed by atoms with van der Waals surface area (Å²) in [6.07, 6.45) is 1.06. The van der Waals surface area contributed by atoms with Crippen LogP contribution in [-0.4, -0.2) is 34.8 Å². The summed E-state index contributed by atoms with van der Waals surface area (Å²) in [6.45, 7) is 3.74. The Morgan fingerprint density at radius 3 is 2.78 bits per heavy atom. The third-order valence-electron chi connectivity index (χ3n) is 4.84. The van der Waals surface area contributed by atoms with E-state index in [1.54, 1.807) is 0 Å². The van der Waals surface area contributed by atoms with Crippen LogP contribution >= 0.6 is 15.9 Å². The van der Waals surface area contributed by atoms with Crippen molar-refractivity contribution < 1.29 is 4.79 Å². The summed E-state index contributed by atoms with van der Waals surface area (Å²) in [6, 6.07) is 16.9. The lowest BCUT2D eigenvalue weighted by Gasteiger charge is -2.24. The molecule has 0 saturated carbocycles. The van der Waals surface area contributed by atoms with E-state index in [0.29, 0.717) is 6.04 Å². The molecule has 1 fully saturated rings. The predicted octanol–water partition coefficient (Wildman–Crippen LogP) is 3.68. The molecule has 2 aromatic carbocycles. The molecule has 0 bridgehead atoms. The molecule has 4 rings (SSSR count). The molecule has 118 valence electrons. The molecule has 2 heterocycles. The van der Waals surface area contributed by atoms with Crippen LogP contribution in [0.25, 0.3) is 0 Å². The average Bonchev–Trinajstić information content (AvgIpc) is 3.13. The van der Waals surface area contributed by atoms with Gasteiger partial charge in [0.2, 0.25) is 0 Å². The summed E-state index contributed by atoms with van der Waals surface area (Å²) in [7, 11) is 0. The maximum atomic E-state index is 12.7. The van der Waals surface area contributed by atoms with Gasteiger partial charge >= 0.3 is 0 Å². The van der Waals surface area contributed by atoms with Gasteiger partial charge in [-0.2, -0.15) is 0 Å². The lowest BCUT2D eigenvalue weighted by Crippen LogP contribution is -2.37. The van der Waals surface area contributed by atoms with Crippen LogP contribution in [0.5, 0.6) is 0 Å². The SMILES string of the molecule is O=C1c2ccc(Br)cc2CN1C1CCN(Cc2ccccc2)C1. The van der Waals surface area contributed by atoms with Crippen molar-refractivity contribution in [3.8, 4) is 0 Å². The number of halogens is 1. The first-order valence-electron chi connectivity index (χ1n) is 8.06. The van der Waals surface area contributed by atoms with Gasteiger partial charge in [-0.15, -0.1) is 0 Å². The van der Waals surface area contributed by atoms with Gasteiger partial charge in [-0.25, -0.2) is 0 Å². The molecule has 0 N–H and O–H groups in total. The fourth-order valence-corrected chi connectivity index (χ4v) is 4.07. The van der Waals surface area contributed by atoms with Crippen molar-refractivity contribution >= 4 is 21.8 Å². The quantitative estimate of drug-likeness (QED) is 0.822. The molecule has 2 aliphatic rings. The Hall–Kier alpha value is -1.65. The molecule has 1 saturated heterocycles. The Bertz CT molecular complexity index is 731. The molecule has 1 amide bonds. The topological polar surface area (TPSA) is 23.6 Å². The third kappa shape index (κ3) is 2.93. The number of nitrogens with zero attached hydrogens (tertiary/aromatic N) is 2. The van der Waals surface area contributed by atoms with Crippen molar-refractivity contribution in [1.29, 1.82) is 0 Å². The number of fused-ring (bicyclic) bond motifs is 1. The van der Waals surface area contributed by atoms with E-state index in [2.05, 4.69) is 62.1 Å². The average molecular weight is 371 g/mol. The van der Waals surface area contributed by atoms with Gasteiger partial charge < -0.3 is 4.90 Å². The number of hydrogen-bond donors (Lipinski definition) is 0. The molecule has 0 radical (unpaired) electrons. The van der Waals surface area contributed by atoms with E-state index in [-0.39, 0.29) is 5.91 Å². The Balaban J connectivity index is 1.44. The second kappa shape index (κ2) is 6.10. The Morgan fingerprint density at radius 2 is 1.96 bits per heavy atom. The minimum absolute atomic E-state index is 0.194. The second-order valence-electron chi connectivity index (χ2n) is 6.40. The van der Waals surface area contributed by atoms with E-state index in [1.807, 2.05) is 12.1 Å². The molecule has 2 aromatic rings. The molecular formula is C19H19BrN2O. The van der Waals surface area contributed by atoms with Crippen molar-refractivity contribution in [2.75, 3.05) is 13.1 Å². The van der Waals surface area contributed by atoms with E-state index < -0.39 is 0 Å². The van der Waals surface area contributed by atoms with Crippen LogP contribution in [0, 0.1) is 0 Å². The monoisotopic (exact) mass is 370 g/mol. The smallest absolute Gasteiger partial charge is 0.254 e. The number of rotatable bonds is 3. The minimum Gasteiger partial charge on any atom is -0.330 e. The number of hydrogen-bond acceptors (Lipinski definition) is 2. The number of carbonyl (C=O) groups is 1. The molecule has 23 heavy (non-hydrogen) atoms. The standard InChI is InChI=1S/C19H19BrN2O/c20-16-6-7-18-15(10-16)12-22(19(18)23)17-8-9-21(13-17)11-14-4-2-1-3-5-14/h1-7,10,17H,8-9,11-13H2. The summed E-state index contributed by atoms with van der Waals surface area (Å²) < 4.78 is 1.04. The summed E-state index contributed by atoms with van der Waals surface area (Å²) in [4.78, 5) is 17.2. The number of amides is 1. The largest absolute Gasteiger partial charge is 0.330 e. The van der Waals surface area contributed by atoms with Gasteiger partial charge in [0.25, 0.3) is 5.91 Å². The van der Waals surface area contributed by atoms with Crippen LogP contribution in [0.4, 0.5) is 0 Å². The second-order valence-corrected chi connectivity index (χ2v) is 7.31. The molecule has 0 aromatic heterocycles. The highest BCUT2D eigenvalue weighted by Crippen LogP contribution is 2.30. The van der Waals surface area contributed by atoms with Crippen molar-refractivity contribution in [1.82, 2.24) is 9.80 Å². The normalized spacial score (nSPS) is 21.0. The summed E-state index contributed by atoms with van der Waals surface area (Å²) in [5.74, 6) is 0.194. The summed E-state index contributed by atoms with van der Waals surface area (Å²) in [5, 5.41) is 0. The van der Waals surface area contributed by atoms with Gasteiger partial charge in [-0.1, -0.05) is 46.3 Å². The van der Waals surface area contributed by atoms with Crippen LogP contribution in [0.15, 0.2) is 53.0 Å². The Kier molecular flexibility index (Phi) is 3.95. The van der Waals surface area contributed by atoms with Crippen molar-refractivity contribution in [3.05, 3.63) is 69.7 Å². The zero-order chi connectivity index (χ0) is 15.8. The summed E-state index contributed by atoms with van der Waals surface area (Å²) >= 11 is 3.50. The lowest BCUT2D eigenvalue weighted by molar-refractivity contribution is 0.0706. The fourth-order valence-electron chi connectivity index (χ4n) is 3.66. The first kappa shape index (κ1) is 14.9. The van der Waals surface area contributed by atoms with Crippen LogP contribution < -0.4 is 0 Å². The highest BCUT2D eigenvalue weighted by atomic mass is 79.9. The zero-order valence-corrected chi connectivity index (χ0v) is 14.5. The molecule has 0 aliphatic carbocycles. The Labute approximate surface area is 145 Å². The van der Waals surface area contributed by atoms with Gasteiger partial charge in [0.05, 0.1) is 0 Å². The van der Waals surface area contributed by atoms with Gasteiger partial charge in [-0.05, 0) is 35.7 Å². The van der Waals surface area contributed by atoms with Gasteiger partial charge in [-0.3, -0.25) is 9.69 Å². The van der Waals surface area contributed by atoms with Crippen molar-refractivity contribution in [2.24, 2.45) is 0 Å². The van der Waals surface area contributed by atoms with Gasteiger partial charge in [0.1, 0.15) is 0 Å².